The molecule has 1 fully saturated rings. The Kier molecular flexibility index (Phi) is 3.37. The first kappa shape index (κ1) is 10.6. The largest absolute Gasteiger partial charge is 0.313 e. The van der Waals surface area contributed by atoms with E-state index in [9.17, 15) is 4.39 Å². The Morgan fingerprint density at radius 1 is 1.40 bits per heavy atom. The molecule has 1 aromatic rings. The van der Waals surface area contributed by atoms with Gasteiger partial charge in [0.05, 0.1) is 0 Å². The zero-order chi connectivity index (χ0) is 10.7. The number of benzene rings is 1. The van der Waals surface area contributed by atoms with E-state index in [1.165, 1.54) is 5.56 Å². The molecule has 0 amide bonds. The smallest absolute Gasteiger partial charge is 0.126 e. The van der Waals surface area contributed by atoms with Gasteiger partial charge >= 0.3 is 0 Å². The zero-order valence-corrected chi connectivity index (χ0v) is 9.22. The van der Waals surface area contributed by atoms with E-state index < -0.39 is 0 Å². The van der Waals surface area contributed by atoms with Crippen molar-refractivity contribution >= 4 is 0 Å². The number of halogens is 1. The summed E-state index contributed by atoms with van der Waals surface area (Å²) in [6.45, 7) is 4.03. The Bertz CT molecular complexity index is 331. The van der Waals surface area contributed by atoms with E-state index in [-0.39, 0.29) is 5.82 Å². The van der Waals surface area contributed by atoms with Crippen LogP contribution in [-0.4, -0.2) is 6.54 Å². The third kappa shape index (κ3) is 2.78. The SMILES string of the molecule is CCCNCc1ccc(F)c(C2CC2)c1. The summed E-state index contributed by atoms with van der Waals surface area (Å²) in [5.41, 5.74) is 2.12. The van der Waals surface area contributed by atoms with Gasteiger partial charge in [-0.15, -0.1) is 0 Å². The lowest BCUT2D eigenvalue weighted by Gasteiger charge is -2.06. The molecule has 1 nitrogen and oxygen atoms in total. The third-order valence-corrected chi connectivity index (χ3v) is 2.83. The second-order valence-corrected chi connectivity index (χ2v) is 4.31. The van der Waals surface area contributed by atoms with Crippen LogP contribution in [0.5, 0.6) is 0 Å². The average Bonchev–Trinajstić information content (AvgIpc) is 3.04. The fraction of sp³-hybridized carbons (Fsp3) is 0.538. The maximum atomic E-state index is 13.4. The van der Waals surface area contributed by atoms with Gasteiger partial charge in [0.25, 0.3) is 0 Å². The van der Waals surface area contributed by atoms with Gasteiger partial charge in [0.15, 0.2) is 0 Å². The summed E-state index contributed by atoms with van der Waals surface area (Å²) in [4.78, 5) is 0. The molecule has 82 valence electrons. The summed E-state index contributed by atoms with van der Waals surface area (Å²) in [5, 5.41) is 3.33. The topological polar surface area (TPSA) is 12.0 Å². The molecule has 0 unspecified atom stereocenters. The van der Waals surface area contributed by atoms with E-state index >= 15 is 0 Å². The van der Waals surface area contributed by atoms with E-state index in [4.69, 9.17) is 0 Å². The highest BCUT2D eigenvalue weighted by molar-refractivity contribution is 5.30. The maximum Gasteiger partial charge on any atom is 0.126 e. The molecule has 15 heavy (non-hydrogen) atoms. The first-order chi connectivity index (χ1) is 7.31. The van der Waals surface area contributed by atoms with E-state index in [0.29, 0.717) is 5.92 Å². The van der Waals surface area contributed by atoms with Crippen LogP contribution in [0.2, 0.25) is 0 Å². The van der Waals surface area contributed by atoms with Gasteiger partial charge in [0, 0.05) is 6.54 Å². The van der Waals surface area contributed by atoms with Crippen LogP contribution in [-0.2, 0) is 6.54 Å². The molecule has 1 aromatic carbocycles. The van der Waals surface area contributed by atoms with Crippen molar-refractivity contribution in [3.8, 4) is 0 Å². The van der Waals surface area contributed by atoms with E-state index in [0.717, 1.165) is 37.9 Å². The minimum atomic E-state index is -0.0308. The molecule has 2 rings (SSSR count). The lowest BCUT2D eigenvalue weighted by Crippen LogP contribution is -2.13. The summed E-state index contributed by atoms with van der Waals surface area (Å²) in [6.07, 6.45) is 3.45. The quantitative estimate of drug-likeness (QED) is 0.731. The van der Waals surface area contributed by atoms with Gasteiger partial charge < -0.3 is 5.32 Å². The molecule has 0 spiro atoms. The van der Waals surface area contributed by atoms with Gasteiger partial charge in [-0.25, -0.2) is 4.39 Å². The average molecular weight is 207 g/mol. The van der Waals surface area contributed by atoms with Crippen LogP contribution in [0, 0.1) is 5.82 Å². The number of rotatable bonds is 5. The highest BCUT2D eigenvalue weighted by Gasteiger charge is 2.26. The molecule has 1 aliphatic carbocycles. The van der Waals surface area contributed by atoms with Gasteiger partial charge in [-0.3, -0.25) is 0 Å². The van der Waals surface area contributed by atoms with Crippen molar-refractivity contribution < 1.29 is 4.39 Å². The minimum absolute atomic E-state index is 0.0308. The van der Waals surface area contributed by atoms with Crippen LogP contribution in [0.1, 0.15) is 43.2 Å². The van der Waals surface area contributed by atoms with Crippen molar-refractivity contribution in [3.63, 3.8) is 0 Å². The lowest BCUT2D eigenvalue weighted by atomic mass is 10.1. The van der Waals surface area contributed by atoms with E-state index in [2.05, 4.69) is 12.2 Å². The van der Waals surface area contributed by atoms with Crippen molar-refractivity contribution in [1.29, 1.82) is 0 Å². The second kappa shape index (κ2) is 4.75. The first-order valence-corrected chi connectivity index (χ1v) is 5.80. The van der Waals surface area contributed by atoms with Gasteiger partial charge in [-0.05, 0) is 48.9 Å². The monoisotopic (exact) mass is 207 g/mol. The number of hydrogen-bond acceptors (Lipinski definition) is 1. The van der Waals surface area contributed by atoms with Crippen LogP contribution in [0.15, 0.2) is 18.2 Å². The Morgan fingerprint density at radius 2 is 2.20 bits per heavy atom. The Morgan fingerprint density at radius 3 is 2.87 bits per heavy atom. The van der Waals surface area contributed by atoms with Gasteiger partial charge in [0.2, 0.25) is 0 Å². The number of nitrogens with one attached hydrogen (secondary N) is 1. The summed E-state index contributed by atoms with van der Waals surface area (Å²) < 4.78 is 13.4. The third-order valence-electron chi connectivity index (χ3n) is 2.83. The van der Waals surface area contributed by atoms with Crippen LogP contribution in [0.4, 0.5) is 4.39 Å². The lowest BCUT2D eigenvalue weighted by molar-refractivity contribution is 0.607. The fourth-order valence-corrected chi connectivity index (χ4v) is 1.82. The highest BCUT2D eigenvalue weighted by Crippen LogP contribution is 2.41. The standard InChI is InChI=1S/C13H18FN/c1-2-7-15-9-10-3-6-13(14)12(8-10)11-4-5-11/h3,6,8,11,15H,2,4-5,7,9H2,1H3. The molecular weight excluding hydrogens is 189 g/mol. The maximum absolute atomic E-state index is 13.4. The molecule has 0 atom stereocenters. The predicted octanol–water partition coefficient (Wildman–Crippen LogP) is 3.20. The predicted molar refractivity (Wildman–Crippen MR) is 60.4 cm³/mol. The van der Waals surface area contributed by atoms with Gasteiger partial charge in [-0.1, -0.05) is 19.1 Å². The van der Waals surface area contributed by atoms with E-state index in [1.54, 1.807) is 6.07 Å². The minimum Gasteiger partial charge on any atom is -0.313 e. The molecule has 0 bridgehead atoms. The van der Waals surface area contributed by atoms with Crippen LogP contribution in [0.3, 0.4) is 0 Å². The molecule has 1 aliphatic rings. The molecule has 0 saturated heterocycles. The molecule has 1 N–H and O–H groups in total. The van der Waals surface area contributed by atoms with Crippen molar-refractivity contribution in [2.45, 2.75) is 38.6 Å². The fourth-order valence-electron chi connectivity index (χ4n) is 1.82. The Labute approximate surface area is 90.7 Å². The van der Waals surface area contributed by atoms with Crippen molar-refractivity contribution in [3.05, 3.63) is 35.1 Å². The van der Waals surface area contributed by atoms with E-state index in [1.807, 2.05) is 12.1 Å². The highest BCUT2D eigenvalue weighted by atomic mass is 19.1. The summed E-state index contributed by atoms with van der Waals surface area (Å²) >= 11 is 0. The van der Waals surface area contributed by atoms with Gasteiger partial charge in [-0.2, -0.15) is 0 Å². The van der Waals surface area contributed by atoms with Crippen molar-refractivity contribution in [2.24, 2.45) is 0 Å². The molecule has 1 saturated carbocycles. The summed E-state index contributed by atoms with van der Waals surface area (Å²) in [7, 11) is 0. The molecule has 0 aromatic heterocycles. The number of hydrogen-bond donors (Lipinski definition) is 1. The Balaban J connectivity index is 2.02. The van der Waals surface area contributed by atoms with Crippen LogP contribution in [0.25, 0.3) is 0 Å². The van der Waals surface area contributed by atoms with Crippen LogP contribution >= 0.6 is 0 Å². The second-order valence-electron chi connectivity index (χ2n) is 4.31. The molecule has 0 radical (unpaired) electrons. The van der Waals surface area contributed by atoms with Gasteiger partial charge in [0.1, 0.15) is 5.82 Å². The molecule has 0 aliphatic heterocycles. The normalized spacial score (nSPS) is 15.6. The van der Waals surface area contributed by atoms with Crippen LogP contribution < -0.4 is 5.32 Å². The molecule has 0 heterocycles. The Hall–Kier alpha value is -0.890. The summed E-state index contributed by atoms with van der Waals surface area (Å²) in [5.74, 6) is 0.466. The van der Waals surface area contributed by atoms with Crippen molar-refractivity contribution in [1.82, 2.24) is 5.32 Å². The van der Waals surface area contributed by atoms with Crippen molar-refractivity contribution in [2.75, 3.05) is 6.54 Å². The zero-order valence-electron chi connectivity index (χ0n) is 9.22. The summed E-state index contributed by atoms with van der Waals surface area (Å²) in [6, 6.07) is 5.51. The molecule has 2 heteroatoms. The molecular formula is C13H18FN. The first-order valence-electron chi connectivity index (χ1n) is 5.80.